The lowest BCUT2D eigenvalue weighted by atomic mass is 9.92. The number of amides is 2. The first kappa shape index (κ1) is 41.5. The van der Waals surface area contributed by atoms with Gasteiger partial charge in [0.1, 0.15) is 11.2 Å². The van der Waals surface area contributed by atoms with Crippen molar-refractivity contribution in [1.82, 2.24) is 39.2 Å². The van der Waals surface area contributed by atoms with Crippen molar-refractivity contribution in [1.29, 1.82) is 0 Å². The van der Waals surface area contributed by atoms with E-state index in [1.807, 2.05) is 33.8 Å². The summed E-state index contributed by atoms with van der Waals surface area (Å²) in [5, 5.41) is 11.6. The fourth-order valence-corrected chi connectivity index (χ4v) is 7.41. The van der Waals surface area contributed by atoms with Crippen LogP contribution in [0.1, 0.15) is 91.0 Å². The molecule has 0 spiro atoms. The van der Waals surface area contributed by atoms with Crippen molar-refractivity contribution in [2.24, 2.45) is 0 Å². The van der Waals surface area contributed by atoms with E-state index < -0.39 is 39.3 Å². The Morgan fingerprint density at radius 1 is 0.741 bits per heavy atom. The van der Waals surface area contributed by atoms with E-state index in [-0.39, 0.29) is 45.2 Å². The molecule has 1 aromatic carbocycles. The molecule has 0 unspecified atom stereocenters. The van der Waals surface area contributed by atoms with Crippen LogP contribution in [0.25, 0.3) is 22.1 Å². The molecular weight excluding hydrogens is 773 g/mol. The highest BCUT2D eigenvalue weighted by Crippen LogP contribution is 2.33. The van der Waals surface area contributed by atoms with E-state index in [4.69, 9.17) is 18.9 Å². The van der Waals surface area contributed by atoms with Gasteiger partial charge < -0.3 is 28.7 Å². The summed E-state index contributed by atoms with van der Waals surface area (Å²) >= 11 is 0. The normalized spacial score (nSPS) is 14.9. The van der Waals surface area contributed by atoms with Gasteiger partial charge >= 0.3 is 24.1 Å². The van der Waals surface area contributed by atoms with E-state index >= 15 is 0 Å². The third-order valence-corrected chi connectivity index (χ3v) is 10.8. The topological polar surface area (TPSA) is 218 Å². The number of H-pyrrole nitrogens is 1. The second kappa shape index (κ2) is 15.7. The smallest absolute Gasteiger partial charge is 0.410 e. The van der Waals surface area contributed by atoms with Gasteiger partial charge in [0.15, 0.2) is 22.7 Å². The number of fused-ring (bicyclic) bond motifs is 2. The molecule has 2 amide bonds. The Labute approximate surface area is 334 Å². The average molecular weight is 819 g/mol. The second-order valence-corrected chi connectivity index (χ2v) is 17.8. The Morgan fingerprint density at radius 3 is 1.74 bits per heavy atom. The molecule has 19 heteroatoms. The highest BCUT2D eigenvalue weighted by molar-refractivity contribution is 7.90. The van der Waals surface area contributed by atoms with Crippen molar-refractivity contribution in [3.05, 3.63) is 76.9 Å². The molecule has 2 aliphatic heterocycles. The van der Waals surface area contributed by atoms with Gasteiger partial charge in [-0.2, -0.15) is 13.5 Å². The molecule has 0 bridgehead atoms. The number of carbonyl (C=O) groups excluding carboxylic acids is 4. The number of carbonyl (C=O) groups is 4. The molecule has 0 radical (unpaired) electrons. The van der Waals surface area contributed by atoms with E-state index in [0.717, 1.165) is 20.8 Å². The first-order chi connectivity index (χ1) is 27.2. The molecule has 4 aromatic heterocycles. The number of pyridine rings is 2. The van der Waals surface area contributed by atoms with Crippen LogP contribution in [0.5, 0.6) is 0 Å². The molecule has 308 valence electrons. The number of benzene rings is 1. The number of aromatic amines is 1. The molecule has 18 nitrogen and oxygen atoms in total. The van der Waals surface area contributed by atoms with E-state index in [1.165, 1.54) is 26.4 Å². The third-order valence-electron chi connectivity index (χ3n) is 9.27. The predicted octanol–water partition coefficient (Wildman–Crippen LogP) is 5.18. The zero-order chi connectivity index (χ0) is 42.3. The lowest BCUT2D eigenvalue weighted by Crippen LogP contribution is -2.50. The third kappa shape index (κ3) is 8.73. The van der Waals surface area contributed by atoms with Crippen LogP contribution in [0.2, 0.25) is 0 Å². The Bertz CT molecular complexity index is 2490. The number of rotatable bonds is 6. The molecule has 2 fully saturated rings. The molecular formula is C39H46N8O10S. The van der Waals surface area contributed by atoms with Crippen molar-refractivity contribution < 1.29 is 46.5 Å². The molecule has 2 saturated heterocycles. The average Bonchev–Trinajstić information content (AvgIpc) is 3.71. The van der Waals surface area contributed by atoms with Gasteiger partial charge in [0.25, 0.3) is 10.0 Å². The Balaban J connectivity index is 0.000000208. The number of ether oxygens (including phenoxy) is 4. The zero-order valence-electron chi connectivity index (χ0n) is 33.7. The van der Waals surface area contributed by atoms with Crippen LogP contribution in [0, 0.1) is 6.92 Å². The minimum atomic E-state index is -4.10. The molecule has 1 N–H and O–H groups in total. The van der Waals surface area contributed by atoms with Gasteiger partial charge in [-0.25, -0.2) is 29.1 Å². The minimum absolute atomic E-state index is 0.0213. The van der Waals surface area contributed by atoms with Gasteiger partial charge in [-0.15, -0.1) is 9.19 Å². The summed E-state index contributed by atoms with van der Waals surface area (Å²) in [6.07, 6.45) is 2.56. The highest BCUT2D eigenvalue weighted by atomic mass is 32.2. The standard InChI is InChI=1S/C23H26N4O6S.C16H20N4O4/c1-14-6-8-17(9-7-14)34(30,31)27-20-18(19(25-27)21(28)32-5)10-15(11-24-20)16-12-26(13-16)22(29)33-23(2,3)4;1-16(2,3)24-15(22)20-7-10(8-20)9-5-11-12(14(21)23-4)18-19-13(11)17-6-9/h6-11,16H,12-13H2,1-5H3;5-6,10H,7-8H2,1-4H3,(H,17,18,19). The fourth-order valence-electron chi connectivity index (χ4n) is 6.17. The first-order valence-corrected chi connectivity index (χ1v) is 19.8. The number of hydrogen-bond acceptors (Lipinski definition) is 14. The SMILES string of the molecule is COC(=O)c1[nH]nc2ncc(C3CN(C(=O)OC(C)(C)C)C3)cc12.COC(=O)c1nn(S(=O)(=O)c2ccc(C)cc2)c2ncc(C3CN(C(=O)OC(C)(C)C)C3)cc12. The number of likely N-dealkylation sites (tertiary alicyclic amines) is 2. The van der Waals surface area contributed by atoms with Crippen LogP contribution in [0.3, 0.4) is 0 Å². The number of esters is 2. The van der Waals surface area contributed by atoms with E-state index in [1.54, 1.807) is 61.2 Å². The van der Waals surface area contributed by atoms with Crippen molar-refractivity contribution in [2.45, 2.75) is 76.4 Å². The van der Waals surface area contributed by atoms with Gasteiger partial charge in [-0.1, -0.05) is 17.7 Å². The number of hydrogen-bond donors (Lipinski definition) is 1. The van der Waals surface area contributed by atoms with Gasteiger partial charge in [0.2, 0.25) is 0 Å². The fraction of sp³-hybridized carbons (Fsp3) is 0.436. The summed E-state index contributed by atoms with van der Waals surface area (Å²) in [6.45, 7) is 14.7. The monoisotopic (exact) mass is 818 g/mol. The molecule has 0 saturated carbocycles. The first-order valence-electron chi connectivity index (χ1n) is 18.4. The van der Waals surface area contributed by atoms with Gasteiger partial charge in [0.05, 0.1) is 29.9 Å². The van der Waals surface area contributed by atoms with Crippen LogP contribution >= 0.6 is 0 Å². The lowest BCUT2D eigenvalue weighted by molar-refractivity contribution is 0.00726. The summed E-state index contributed by atoms with van der Waals surface area (Å²) in [6, 6.07) is 9.86. The summed E-state index contributed by atoms with van der Waals surface area (Å²) in [7, 11) is -1.59. The number of nitrogens with one attached hydrogen (secondary N) is 1. The molecule has 0 aliphatic carbocycles. The highest BCUT2D eigenvalue weighted by Gasteiger charge is 2.37. The molecule has 0 atom stereocenters. The van der Waals surface area contributed by atoms with Gasteiger partial charge in [-0.05, 0) is 83.9 Å². The quantitative estimate of drug-likeness (QED) is 0.173. The minimum Gasteiger partial charge on any atom is -0.464 e. The van der Waals surface area contributed by atoms with Gasteiger partial charge in [-0.3, -0.25) is 5.10 Å². The van der Waals surface area contributed by atoms with Crippen molar-refractivity contribution >= 4 is 56.2 Å². The maximum Gasteiger partial charge on any atom is 0.410 e. The number of aromatic nitrogens is 6. The van der Waals surface area contributed by atoms with E-state index in [0.29, 0.717) is 37.2 Å². The van der Waals surface area contributed by atoms with Crippen LogP contribution in [0.4, 0.5) is 9.59 Å². The van der Waals surface area contributed by atoms with Crippen molar-refractivity contribution in [2.75, 3.05) is 40.4 Å². The second-order valence-electron chi connectivity index (χ2n) is 16.0. The molecule has 58 heavy (non-hydrogen) atoms. The van der Waals surface area contributed by atoms with E-state index in [9.17, 15) is 27.6 Å². The zero-order valence-corrected chi connectivity index (χ0v) is 34.5. The van der Waals surface area contributed by atoms with Crippen molar-refractivity contribution in [3.63, 3.8) is 0 Å². The molecule has 6 heterocycles. The number of methoxy groups -OCH3 is 2. The maximum atomic E-state index is 13.3. The Morgan fingerprint density at radius 2 is 1.24 bits per heavy atom. The summed E-state index contributed by atoms with van der Waals surface area (Å²) in [5.74, 6) is -1.13. The molecule has 2 aliphatic rings. The van der Waals surface area contributed by atoms with Crippen LogP contribution in [-0.2, 0) is 29.0 Å². The number of nitrogens with zero attached hydrogens (tertiary/aromatic N) is 7. The lowest BCUT2D eigenvalue weighted by Gasteiger charge is -2.39. The van der Waals surface area contributed by atoms with Gasteiger partial charge in [0, 0.05) is 50.4 Å². The van der Waals surface area contributed by atoms with E-state index in [2.05, 4.69) is 25.3 Å². The maximum absolute atomic E-state index is 13.3. The number of aryl methyl sites for hydroxylation is 1. The van der Waals surface area contributed by atoms with Crippen LogP contribution < -0.4 is 0 Å². The van der Waals surface area contributed by atoms with Crippen molar-refractivity contribution in [3.8, 4) is 0 Å². The summed E-state index contributed by atoms with van der Waals surface area (Å²) in [4.78, 5) is 60.2. The van der Waals surface area contributed by atoms with Crippen LogP contribution in [-0.4, -0.2) is 123 Å². The largest absolute Gasteiger partial charge is 0.464 e. The summed E-state index contributed by atoms with van der Waals surface area (Å²) in [5.41, 5.74) is 2.14. The predicted molar refractivity (Wildman–Crippen MR) is 209 cm³/mol. The summed E-state index contributed by atoms with van der Waals surface area (Å²) < 4.78 is 47.5. The Hall–Kier alpha value is -6.11. The molecule has 5 aromatic rings. The van der Waals surface area contributed by atoms with Crippen LogP contribution in [0.15, 0.2) is 53.7 Å². The molecule has 7 rings (SSSR count). The Kier molecular flexibility index (Phi) is 11.2.